The molecular formula is C23H32N6O4. The van der Waals surface area contributed by atoms with Gasteiger partial charge in [0.25, 0.3) is 5.56 Å². The lowest BCUT2D eigenvalue weighted by atomic mass is 10.2. The van der Waals surface area contributed by atoms with Crippen molar-refractivity contribution >= 4 is 16.9 Å². The number of aliphatic hydroxyl groups is 1. The summed E-state index contributed by atoms with van der Waals surface area (Å²) in [5.74, 6) is 0.872. The fraction of sp³-hybridized carbons (Fsp3) is 0.478. The van der Waals surface area contributed by atoms with Gasteiger partial charge in [-0.1, -0.05) is 6.92 Å². The summed E-state index contributed by atoms with van der Waals surface area (Å²) in [5.41, 5.74) is 2.64. The molecular weight excluding hydrogens is 424 g/mol. The van der Waals surface area contributed by atoms with Crippen LogP contribution in [0.4, 0.5) is 5.82 Å². The number of aromatic nitrogens is 4. The molecule has 0 aliphatic rings. The second-order valence-corrected chi connectivity index (χ2v) is 7.55. The molecule has 0 spiro atoms. The van der Waals surface area contributed by atoms with Gasteiger partial charge in [-0.3, -0.25) is 9.78 Å². The summed E-state index contributed by atoms with van der Waals surface area (Å²) < 4.78 is 12.5. The highest BCUT2D eigenvalue weighted by atomic mass is 16.5. The number of aliphatic hydroxyl groups excluding tert-OH is 1. The van der Waals surface area contributed by atoms with Gasteiger partial charge in [-0.2, -0.15) is 0 Å². The van der Waals surface area contributed by atoms with Crippen molar-refractivity contribution in [3.05, 3.63) is 40.9 Å². The fourth-order valence-corrected chi connectivity index (χ4v) is 3.37. The van der Waals surface area contributed by atoms with Crippen molar-refractivity contribution in [2.75, 3.05) is 58.5 Å². The van der Waals surface area contributed by atoms with Crippen molar-refractivity contribution in [2.45, 2.75) is 19.9 Å². The Bertz CT molecular complexity index is 1090. The minimum atomic E-state index is -0.183. The van der Waals surface area contributed by atoms with Gasteiger partial charge in [-0.25, -0.2) is 9.97 Å². The predicted molar refractivity (Wildman–Crippen MR) is 128 cm³/mol. The lowest BCUT2D eigenvalue weighted by Crippen LogP contribution is -2.36. The minimum Gasteiger partial charge on any atom is -0.481 e. The number of rotatable bonds is 13. The van der Waals surface area contributed by atoms with Crippen molar-refractivity contribution < 1.29 is 14.6 Å². The van der Waals surface area contributed by atoms with Gasteiger partial charge >= 0.3 is 0 Å². The number of nitrogens with zero attached hydrogens (tertiary/aromatic N) is 5. The monoisotopic (exact) mass is 456 g/mol. The van der Waals surface area contributed by atoms with Crippen LogP contribution in [-0.2, 0) is 11.3 Å². The van der Waals surface area contributed by atoms with Gasteiger partial charge in [0.05, 0.1) is 37.7 Å². The molecule has 178 valence electrons. The van der Waals surface area contributed by atoms with Gasteiger partial charge in [-0.15, -0.1) is 0 Å². The average Bonchev–Trinajstić information content (AvgIpc) is 2.85. The van der Waals surface area contributed by atoms with Crippen molar-refractivity contribution in [3.63, 3.8) is 0 Å². The average molecular weight is 457 g/mol. The molecule has 0 aliphatic heterocycles. The number of likely N-dealkylation sites (N-methyl/N-ethyl adjacent to an activating group) is 1. The van der Waals surface area contributed by atoms with Gasteiger partial charge in [-0.05, 0) is 18.6 Å². The maximum atomic E-state index is 13.4. The molecule has 3 heterocycles. The standard InChI is InChI=1S/C23H32N6O4/c1-4-12-33-13-10-29-20-14-18(17-5-6-21(32-3)26-15-17)25-16-19(20)27-22(23(29)31)28(2)9-7-24-8-11-30/h5-6,14-16,24,30H,4,7-13H2,1-3H3. The van der Waals surface area contributed by atoms with Crippen LogP contribution < -0.4 is 20.5 Å². The Kier molecular flexibility index (Phi) is 9.11. The van der Waals surface area contributed by atoms with E-state index in [-0.39, 0.29) is 12.2 Å². The maximum Gasteiger partial charge on any atom is 0.294 e. The Balaban J connectivity index is 1.98. The minimum absolute atomic E-state index is 0.0697. The summed E-state index contributed by atoms with van der Waals surface area (Å²) in [5, 5.41) is 12.0. The topological polar surface area (TPSA) is 115 Å². The summed E-state index contributed by atoms with van der Waals surface area (Å²) in [6, 6.07) is 5.51. The maximum absolute atomic E-state index is 13.4. The van der Waals surface area contributed by atoms with Crippen LogP contribution in [0.1, 0.15) is 13.3 Å². The van der Waals surface area contributed by atoms with Crippen molar-refractivity contribution in [2.24, 2.45) is 0 Å². The summed E-state index contributed by atoms with van der Waals surface area (Å²) in [6.45, 7) is 5.30. The van der Waals surface area contributed by atoms with Crippen molar-refractivity contribution in [1.29, 1.82) is 0 Å². The Morgan fingerprint density at radius 3 is 2.73 bits per heavy atom. The van der Waals surface area contributed by atoms with Gasteiger partial charge in [0.2, 0.25) is 5.88 Å². The van der Waals surface area contributed by atoms with E-state index in [1.807, 2.05) is 31.0 Å². The van der Waals surface area contributed by atoms with Crippen LogP contribution in [0.3, 0.4) is 0 Å². The van der Waals surface area contributed by atoms with Crippen LogP contribution in [0.2, 0.25) is 0 Å². The quantitative estimate of drug-likeness (QED) is 0.367. The summed E-state index contributed by atoms with van der Waals surface area (Å²) >= 11 is 0. The molecule has 0 atom stereocenters. The fourth-order valence-electron chi connectivity index (χ4n) is 3.37. The number of hydrogen-bond donors (Lipinski definition) is 2. The molecule has 3 aromatic heterocycles. The summed E-state index contributed by atoms with van der Waals surface area (Å²) in [6.07, 6.45) is 4.28. The Morgan fingerprint density at radius 2 is 2.03 bits per heavy atom. The van der Waals surface area contributed by atoms with E-state index in [4.69, 9.17) is 14.6 Å². The number of hydrogen-bond acceptors (Lipinski definition) is 9. The number of ether oxygens (including phenoxy) is 2. The highest BCUT2D eigenvalue weighted by molar-refractivity contribution is 5.80. The van der Waals surface area contributed by atoms with Crippen LogP contribution in [0.25, 0.3) is 22.3 Å². The van der Waals surface area contributed by atoms with Gasteiger partial charge in [0.1, 0.15) is 5.52 Å². The third-order valence-electron chi connectivity index (χ3n) is 5.14. The molecule has 0 aromatic carbocycles. The molecule has 0 fully saturated rings. The largest absolute Gasteiger partial charge is 0.481 e. The molecule has 0 saturated heterocycles. The third-order valence-corrected chi connectivity index (χ3v) is 5.14. The van der Waals surface area contributed by atoms with E-state index in [0.29, 0.717) is 67.8 Å². The highest BCUT2D eigenvalue weighted by Crippen LogP contribution is 2.22. The third kappa shape index (κ3) is 6.25. The molecule has 3 rings (SSSR count). The number of fused-ring (bicyclic) bond motifs is 1. The van der Waals surface area contributed by atoms with E-state index in [1.165, 1.54) is 0 Å². The van der Waals surface area contributed by atoms with E-state index >= 15 is 0 Å². The second kappa shape index (κ2) is 12.2. The second-order valence-electron chi connectivity index (χ2n) is 7.55. The molecule has 10 nitrogen and oxygen atoms in total. The molecule has 0 saturated carbocycles. The first-order valence-electron chi connectivity index (χ1n) is 11.1. The summed E-state index contributed by atoms with van der Waals surface area (Å²) in [7, 11) is 3.40. The van der Waals surface area contributed by atoms with Crippen molar-refractivity contribution in [1.82, 2.24) is 24.8 Å². The SMILES string of the molecule is CCCOCCn1c(=O)c(N(C)CCNCCO)nc2cnc(-c3ccc(OC)nc3)cc21. The Hall–Kier alpha value is -3.08. The zero-order chi connectivity index (χ0) is 23.6. The molecule has 33 heavy (non-hydrogen) atoms. The van der Waals surface area contributed by atoms with Crippen molar-refractivity contribution in [3.8, 4) is 17.1 Å². The summed E-state index contributed by atoms with van der Waals surface area (Å²) in [4.78, 5) is 28.6. The molecule has 0 amide bonds. The van der Waals surface area contributed by atoms with E-state index < -0.39 is 0 Å². The van der Waals surface area contributed by atoms with Gasteiger partial charge in [0.15, 0.2) is 5.82 Å². The normalized spacial score (nSPS) is 11.2. The first-order chi connectivity index (χ1) is 16.1. The molecule has 3 aromatic rings. The van der Waals surface area contributed by atoms with Crippen LogP contribution in [0.15, 0.2) is 35.4 Å². The van der Waals surface area contributed by atoms with Gasteiger partial charge < -0.3 is 29.4 Å². The van der Waals surface area contributed by atoms with E-state index in [1.54, 1.807) is 30.1 Å². The highest BCUT2D eigenvalue weighted by Gasteiger charge is 2.16. The smallest absolute Gasteiger partial charge is 0.294 e. The molecule has 0 bridgehead atoms. The lowest BCUT2D eigenvalue weighted by Gasteiger charge is -2.20. The number of nitrogens with one attached hydrogen (secondary N) is 1. The zero-order valence-electron chi connectivity index (χ0n) is 19.5. The molecule has 0 aliphatic carbocycles. The van der Waals surface area contributed by atoms with E-state index in [9.17, 15) is 4.79 Å². The Morgan fingerprint density at radius 1 is 1.18 bits per heavy atom. The number of pyridine rings is 2. The van der Waals surface area contributed by atoms with Gasteiger partial charge in [0, 0.05) is 57.7 Å². The van der Waals surface area contributed by atoms with Crippen LogP contribution >= 0.6 is 0 Å². The molecule has 0 unspecified atom stereocenters. The first-order valence-corrected chi connectivity index (χ1v) is 11.1. The predicted octanol–water partition coefficient (Wildman–Crippen LogP) is 1.31. The molecule has 10 heteroatoms. The van der Waals surface area contributed by atoms with E-state index in [2.05, 4.69) is 20.3 Å². The molecule has 2 N–H and O–H groups in total. The Labute approximate surface area is 193 Å². The van der Waals surface area contributed by atoms with Crippen LogP contribution in [0, 0.1) is 0 Å². The number of anilines is 1. The first kappa shape index (κ1) is 24.6. The molecule has 0 radical (unpaired) electrons. The zero-order valence-corrected chi connectivity index (χ0v) is 19.5. The lowest BCUT2D eigenvalue weighted by molar-refractivity contribution is 0.127. The van der Waals surface area contributed by atoms with E-state index in [0.717, 1.165) is 12.0 Å². The number of methoxy groups -OCH3 is 1. The van der Waals surface area contributed by atoms with Crippen LogP contribution in [0.5, 0.6) is 5.88 Å². The van der Waals surface area contributed by atoms with Crippen LogP contribution in [-0.4, -0.2) is 78.2 Å².